The minimum Gasteiger partial charge on any atom is -0.303 e. The van der Waals surface area contributed by atoms with Crippen molar-refractivity contribution in [3.05, 3.63) is 0 Å². The first-order chi connectivity index (χ1) is 8.65. The molecule has 0 unspecified atom stereocenters. The van der Waals surface area contributed by atoms with E-state index in [9.17, 15) is 0 Å². The first-order valence-electron chi connectivity index (χ1n) is 7.81. The molecule has 1 aliphatic carbocycles. The number of piperidine rings is 1. The molecule has 104 valence electrons. The second kappa shape index (κ2) is 5.34. The van der Waals surface area contributed by atoms with E-state index in [2.05, 4.69) is 28.9 Å². The fourth-order valence-electron chi connectivity index (χ4n) is 4.13. The van der Waals surface area contributed by atoms with E-state index >= 15 is 0 Å². The summed E-state index contributed by atoms with van der Waals surface area (Å²) in [5.74, 6) is 1.95. The normalized spacial score (nSPS) is 31.7. The molecule has 0 aromatic carbocycles. The van der Waals surface area contributed by atoms with E-state index in [0.717, 1.165) is 11.8 Å². The molecule has 0 atom stereocenters. The van der Waals surface area contributed by atoms with E-state index < -0.39 is 0 Å². The molecular weight excluding hydrogens is 240 g/mol. The summed E-state index contributed by atoms with van der Waals surface area (Å²) in [4.78, 5) is 2.73. The Balaban J connectivity index is 1.40. The average Bonchev–Trinajstić information content (AvgIpc) is 2.33. The van der Waals surface area contributed by atoms with Gasteiger partial charge in [0, 0.05) is 19.6 Å². The molecule has 1 saturated carbocycles. The number of likely N-dealkylation sites (tertiary alicyclic amines) is 1. The third-order valence-corrected chi connectivity index (χ3v) is 5.88. The lowest BCUT2D eigenvalue weighted by molar-refractivity contribution is 0.0148. The van der Waals surface area contributed by atoms with Gasteiger partial charge in [-0.25, -0.2) is 0 Å². The zero-order chi connectivity index (χ0) is 12.6. The van der Waals surface area contributed by atoms with Gasteiger partial charge in [0.1, 0.15) is 0 Å². The number of nitrogens with zero attached hydrogens (tertiary/aromatic N) is 2. The zero-order valence-corrected chi connectivity index (χ0v) is 12.7. The first kappa shape index (κ1) is 13.3. The monoisotopic (exact) mass is 268 g/mol. The Morgan fingerprint density at radius 2 is 1.67 bits per heavy atom. The Morgan fingerprint density at radius 3 is 2.22 bits per heavy atom. The summed E-state index contributed by atoms with van der Waals surface area (Å²) < 4.78 is 2.19. The molecule has 0 N–H and O–H groups in total. The highest BCUT2D eigenvalue weighted by atomic mass is 32.1. The molecular formula is C15H28N2S. The van der Waals surface area contributed by atoms with Crippen LogP contribution in [-0.2, 0) is 0 Å². The molecule has 2 saturated heterocycles. The van der Waals surface area contributed by atoms with Crippen molar-refractivity contribution >= 4 is 12.8 Å². The van der Waals surface area contributed by atoms with E-state index in [1.165, 1.54) is 71.2 Å². The molecule has 3 fully saturated rings. The lowest BCUT2D eigenvalue weighted by atomic mass is 9.67. The van der Waals surface area contributed by atoms with Crippen molar-refractivity contribution in [3.8, 4) is 0 Å². The summed E-state index contributed by atoms with van der Waals surface area (Å²) in [6.07, 6.45) is 8.69. The largest absolute Gasteiger partial charge is 0.303 e. The van der Waals surface area contributed by atoms with Crippen molar-refractivity contribution in [2.45, 2.75) is 45.4 Å². The van der Waals surface area contributed by atoms with Crippen molar-refractivity contribution in [1.82, 2.24) is 9.21 Å². The average molecular weight is 268 g/mol. The van der Waals surface area contributed by atoms with Crippen LogP contribution in [0.3, 0.4) is 0 Å². The Morgan fingerprint density at radius 1 is 1.06 bits per heavy atom. The zero-order valence-electron chi connectivity index (χ0n) is 11.8. The fraction of sp³-hybridized carbons (Fsp3) is 1.00. The van der Waals surface area contributed by atoms with Crippen molar-refractivity contribution in [2.24, 2.45) is 17.3 Å². The van der Waals surface area contributed by atoms with Crippen LogP contribution in [-0.4, -0.2) is 41.9 Å². The molecule has 1 spiro atoms. The molecule has 3 heteroatoms. The van der Waals surface area contributed by atoms with Crippen LogP contribution < -0.4 is 0 Å². The molecule has 3 rings (SSSR count). The van der Waals surface area contributed by atoms with Crippen LogP contribution in [0.2, 0.25) is 0 Å². The summed E-state index contributed by atoms with van der Waals surface area (Å²) >= 11 is 4.43. The molecule has 0 aromatic heterocycles. The van der Waals surface area contributed by atoms with Gasteiger partial charge in [-0.15, -0.1) is 0 Å². The number of hydrogen-bond donors (Lipinski definition) is 1. The second-order valence-electron chi connectivity index (χ2n) is 7.25. The van der Waals surface area contributed by atoms with E-state index in [0.29, 0.717) is 5.41 Å². The predicted molar refractivity (Wildman–Crippen MR) is 79.8 cm³/mol. The van der Waals surface area contributed by atoms with Crippen LogP contribution >= 0.6 is 12.8 Å². The Bertz CT molecular complexity index is 270. The van der Waals surface area contributed by atoms with Crippen molar-refractivity contribution in [2.75, 3.05) is 32.7 Å². The van der Waals surface area contributed by atoms with Gasteiger partial charge in [0.05, 0.1) is 0 Å². The lowest BCUT2D eigenvalue weighted by Gasteiger charge is -2.52. The van der Waals surface area contributed by atoms with Crippen molar-refractivity contribution in [3.63, 3.8) is 0 Å². The molecule has 0 aromatic rings. The maximum absolute atomic E-state index is 4.43. The maximum Gasteiger partial charge on any atom is 0.0156 e. The maximum atomic E-state index is 4.43. The lowest BCUT2D eigenvalue weighted by Crippen LogP contribution is -2.53. The highest BCUT2D eigenvalue weighted by Crippen LogP contribution is 2.46. The summed E-state index contributed by atoms with van der Waals surface area (Å²) in [5.41, 5.74) is 0.675. The van der Waals surface area contributed by atoms with Gasteiger partial charge in [0.2, 0.25) is 0 Å². The summed E-state index contributed by atoms with van der Waals surface area (Å²) in [6, 6.07) is 0. The molecule has 0 radical (unpaired) electrons. The molecule has 3 aliphatic rings. The van der Waals surface area contributed by atoms with Gasteiger partial charge in [-0.05, 0) is 68.9 Å². The van der Waals surface area contributed by atoms with Gasteiger partial charge in [0.25, 0.3) is 0 Å². The summed E-state index contributed by atoms with van der Waals surface area (Å²) in [5, 5.41) is 0. The SMILES string of the molecule is CC1CCN(CC2CCC3(CC2)CN(S)C3)CC1. The molecule has 2 heterocycles. The highest BCUT2D eigenvalue weighted by Gasteiger charge is 2.44. The molecule has 18 heavy (non-hydrogen) atoms. The summed E-state index contributed by atoms with van der Waals surface area (Å²) in [6.45, 7) is 8.98. The third kappa shape index (κ3) is 2.88. The minimum atomic E-state index is 0.675. The molecule has 0 bridgehead atoms. The van der Waals surface area contributed by atoms with E-state index in [1.54, 1.807) is 0 Å². The van der Waals surface area contributed by atoms with Crippen molar-refractivity contribution < 1.29 is 0 Å². The topological polar surface area (TPSA) is 6.48 Å². The smallest absolute Gasteiger partial charge is 0.0156 e. The molecule has 2 nitrogen and oxygen atoms in total. The Kier molecular flexibility index (Phi) is 3.93. The van der Waals surface area contributed by atoms with Gasteiger partial charge in [0.15, 0.2) is 0 Å². The number of hydrogen-bond acceptors (Lipinski definition) is 3. The third-order valence-electron chi connectivity index (χ3n) is 5.59. The van der Waals surface area contributed by atoms with E-state index in [1.807, 2.05) is 0 Å². The first-order valence-corrected chi connectivity index (χ1v) is 8.21. The standard InChI is InChI=1S/C15H28N2S/c1-13-4-8-16(9-5-13)10-14-2-6-15(7-3-14)11-17(18)12-15/h13-14,18H,2-12H2,1H3. The summed E-state index contributed by atoms with van der Waals surface area (Å²) in [7, 11) is 0. The Hall–Kier alpha value is 0.270. The quantitative estimate of drug-likeness (QED) is 0.769. The van der Waals surface area contributed by atoms with Gasteiger partial charge < -0.3 is 4.90 Å². The van der Waals surface area contributed by atoms with Gasteiger partial charge in [-0.1, -0.05) is 19.7 Å². The Labute approximate surface area is 118 Å². The number of thiol groups is 1. The second-order valence-corrected chi connectivity index (χ2v) is 7.81. The van der Waals surface area contributed by atoms with Crippen LogP contribution in [0.15, 0.2) is 0 Å². The van der Waals surface area contributed by atoms with Gasteiger partial charge in [-0.2, -0.15) is 0 Å². The van der Waals surface area contributed by atoms with Crippen LogP contribution in [0.25, 0.3) is 0 Å². The van der Waals surface area contributed by atoms with E-state index in [-0.39, 0.29) is 0 Å². The predicted octanol–water partition coefficient (Wildman–Crippen LogP) is 3.06. The van der Waals surface area contributed by atoms with Gasteiger partial charge >= 0.3 is 0 Å². The minimum absolute atomic E-state index is 0.675. The number of rotatable bonds is 2. The van der Waals surface area contributed by atoms with Crippen LogP contribution in [0.5, 0.6) is 0 Å². The fourth-order valence-corrected chi connectivity index (χ4v) is 4.73. The van der Waals surface area contributed by atoms with E-state index in [4.69, 9.17) is 0 Å². The molecule has 0 amide bonds. The van der Waals surface area contributed by atoms with Crippen LogP contribution in [0.4, 0.5) is 0 Å². The highest BCUT2D eigenvalue weighted by molar-refractivity contribution is 7.77. The van der Waals surface area contributed by atoms with Crippen molar-refractivity contribution in [1.29, 1.82) is 0 Å². The van der Waals surface area contributed by atoms with Crippen LogP contribution in [0, 0.1) is 17.3 Å². The molecule has 2 aliphatic heterocycles. The van der Waals surface area contributed by atoms with Gasteiger partial charge in [-0.3, -0.25) is 4.31 Å². The van der Waals surface area contributed by atoms with Crippen LogP contribution in [0.1, 0.15) is 45.4 Å².